The zero-order chi connectivity index (χ0) is 14.1. The second-order valence-corrected chi connectivity index (χ2v) is 5.32. The summed E-state index contributed by atoms with van der Waals surface area (Å²) in [4.78, 5) is 25.4. The Labute approximate surface area is 117 Å². The molecule has 1 aromatic rings. The number of carboxylic acids is 1. The Morgan fingerprint density at radius 1 is 1.35 bits per heavy atom. The Morgan fingerprint density at radius 3 is 2.90 bits per heavy atom. The highest BCUT2D eigenvalue weighted by Gasteiger charge is 2.31. The zero-order valence-corrected chi connectivity index (χ0v) is 11.2. The van der Waals surface area contributed by atoms with Crippen LogP contribution < -0.4 is 0 Å². The van der Waals surface area contributed by atoms with Crippen molar-refractivity contribution in [2.24, 2.45) is 5.92 Å². The smallest absolute Gasteiger partial charge is 0.336 e. The summed E-state index contributed by atoms with van der Waals surface area (Å²) in [6, 6.07) is 5.32. The van der Waals surface area contributed by atoms with Crippen molar-refractivity contribution < 1.29 is 19.4 Å². The van der Waals surface area contributed by atoms with Gasteiger partial charge in [0, 0.05) is 19.7 Å². The largest absolute Gasteiger partial charge is 0.478 e. The molecule has 0 aliphatic carbocycles. The highest BCUT2D eigenvalue weighted by atomic mass is 16.5. The molecule has 1 amide bonds. The van der Waals surface area contributed by atoms with E-state index in [1.165, 1.54) is 0 Å². The number of amides is 1. The van der Waals surface area contributed by atoms with E-state index in [4.69, 9.17) is 4.74 Å². The molecule has 1 saturated heterocycles. The van der Waals surface area contributed by atoms with Gasteiger partial charge in [0.2, 0.25) is 5.91 Å². The summed E-state index contributed by atoms with van der Waals surface area (Å²) in [5.74, 6) is -0.901. The third kappa shape index (κ3) is 2.29. The van der Waals surface area contributed by atoms with E-state index in [2.05, 4.69) is 0 Å². The van der Waals surface area contributed by atoms with Crippen molar-refractivity contribution in [2.45, 2.75) is 19.4 Å². The van der Waals surface area contributed by atoms with Crippen LogP contribution in [0.3, 0.4) is 0 Å². The van der Waals surface area contributed by atoms with Crippen LogP contribution in [-0.2, 0) is 22.5 Å². The molecule has 0 spiro atoms. The molecule has 5 nitrogen and oxygen atoms in total. The van der Waals surface area contributed by atoms with E-state index in [9.17, 15) is 14.7 Å². The maximum Gasteiger partial charge on any atom is 0.336 e. The first-order valence-corrected chi connectivity index (χ1v) is 6.87. The molecule has 0 aromatic heterocycles. The van der Waals surface area contributed by atoms with Gasteiger partial charge in [-0.2, -0.15) is 0 Å². The Hall–Kier alpha value is -1.88. The summed E-state index contributed by atoms with van der Waals surface area (Å²) in [6.07, 6.45) is 1.48. The topological polar surface area (TPSA) is 66.8 Å². The lowest BCUT2D eigenvalue weighted by Crippen LogP contribution is -2.40. The fourth-order valence-electron chi connectivity index (χ4n) is 2.96. The van der Waals surface area contributed by atoms with Crippen molar-refractivity contribution in [1.29, 1.82) is 0 Å². The van der Waals surface area contributed by atoms with Crippen LogP contribution in [0.2, 0.25) is 0 Å². The van der Waals surface area contributed by atoms with Gasteiger partial charge in [0.25, 0.3) is 0 Å². The van der Waals surface area contributed by atoms with Gasteiger partial charge in [0.05, 0.1) is 18.1 Å². The molecule has 3 rings (SSSR count). The Balaban J connectivity index is 1.83. The fourth-order valence-corrected chi connectivity index (χ4v) is 2.96. The quantitative estimate of drug-likeness (QED) is 0.883. The van der Waals surface area contributed by atoms with Crippen molar-refractivity contribution in [3.8, 4) is 0 Å². The molecule has 5 heteroatoms. The van der Waals surface area contributed by atoms with Gasteiger partial charge in [-0.3, -0.25) is 4.79 Å². The number of nitrogens with zero attached hydrogens (tertiary/aromatic N) is 1. The molecular weight excluding hydrogens is 258 g/mol. The van der Waals surface area contributed by atoms with E-state index in [-0.39, 0.29) is 11.8 Å². The molecule has 2 aliphatic rings. The number of carboxylic acid groups (broad SMARTS) is 1. The number of hydrogen-bond acceptors (Lipinski definition) is 3. The second-order valence-electron chi connectivity index (χ2n) is 5.32. The number of fused-ring (bicyclic) bond motifs is 1. The molecule has 20 heavy (non-hydrogen) atoms. The molecule has 1 N–H and O–H groups in total. The van der Waals surface area contributed by atoms with Crippen LogP contribution in [0.1, 0.15) is 27.9 Å². The van der Waals surface area contributed by atoms with E-state index in [0.717, 1.165) is 24.0 Å². The molecule has 1 atom stereocenters. The summed E-state index contributed by atoms with van der Waals surface area (Å²) >= 11 is 0. The van der Waals surface area contributed by atoms with Gasteiger partial charge in [0.1, 0.15) is 0 Å². The van der Waals surface area contributed by atoms with Crippen LogP contribution in [0.25, 0.3) is 0 Å². The summed E-state index contributed by atoms with van der Waals surface area (Å²) in [5, 5.41) is 9.25. The zero-order valence-electron chi connectivity index (χ0n) is 11.2. The molecule has 2 aliphatic heterocycles. The van der Waals surface area contributed by atoms with E-state index < -0.39 is 5.97 Å². The first kappa shape index (κ1) is 13.1. The Kier molecular flexibility index (Phi) is 3.44. The Morgan fingerprint density at radius 2 is 2.20 bits per heavy atom. The van der Waals surface area contributed by atoms with Crippen molar-refractivity contribution in [1.82, 2.24) is 4.90 Å². The van der Waals surface area contributed by atoms with Crippen LogP contribution in [0.15, 0.2) is 18.2 Å². The Bertz CT molecular complexity index is 549. The summed E-state index contributed by atoms with van der Waals surface area (Å²) < 4.78 is 5.26. The minimum absolute atomic E-state index is 0.0615. The molecule has 1 fully saturated rings. The molecule has 0 bridgehead atoms. The van der Waals surface area contributed by atoms with Crippen molar-refractivity contribution in [3.63, 3.8) is 0 Å². The lowest BCUT2D eigenvalue weighted by atomic mass is 9.94. The SMILES string of the molecule is O=C(O)c1cccc2c1CN(C(=O)C1CCOC1)CC2. The third-order valence-electron chi connectivity index (χ3n) is 4.09. The van der Waals surface area contributed by atoms with E-state index in [1.807, 2.05) is 6.07 Å². The molecular formula is C15H17NO4. The van der Waals surface area contributed by atoms with Gasteiger partial charge in [0.15, 0.2) is 0 Å². The standard InChI is InChI=1S/C15H17NO4/c17-14(11-5-7-20-9-11)16-6-4-10-2-1-3-12(15(18)19)13(10)8-16/h1-3,11H,4-9H2,(H,18,19). The average Bonchev–Trinajstić information content (AvgIpc) is 2.99. The lowest BCUT2D eigenvalue weighted by molar-refractivity contribution is -0.136. The number of carbonyl (C=O) groups excluding carboxylic acids is 1. The molecule has 0 radical (unpaired) electrons. The minimum atomic E-state index is -0.930. The third-order valence-corrected chi connectivity index (χ3v) is 4.09. The van der Waals surface area contributed by atoms with E-state index >= 15 is 0 Å². The predicted molar refractivity (Wildman–Crippen MR) is 71.4 cm³/mol. The molecule has 0 saturated carbocycles. The summed E-state index contributed by atoms with van der Waals surface area (Å²) in [6.45, 7) is 2.18. The molecule has 1 unspecified atom stereocenters. The second kappa shape index (κ2) is 5.25. The molecule has 1 aromatic carbocycles. The van der Waals surface area contributed by atoms with Crippen molar-refractivity contribution in [2.75, 3.05) is 19.8 Å². The van der Waals surface area contributed by atoms with Crippen LogP contribution in [0.5, 0.6) is 0 Å². The molecule has 106 valence electrons. The van der Waals surface area contributed by atoms with Crippen molar-refractivity contribution in [3.05, 3.63) is 34.9 Å². The number of benzene rings is 1. The van der Waals surface area contributed by atoms with Gasteiger partial charge < -0.3 is 14.7 Å². The summed E-state index contributed by atoms with van der Waals surface area (Å²) in [5.41, 5.74) is 2.12. The summed E-state index contributed by atoms with van der Waals surface area (Å²) in [7, 11) is 0. The van der Waals surface area contributed by atoms with Gasteiger partial charge >= 0.3 is 5.97 Å². The first-order valence-electron chi connectivity index (χ1n) is 6.87. The average molecular weight is 275 g/mol. The van der Waals surface area contributed by atoms with Crippen LogP contribution in [0.4, 0.5) is 0 Å². The first-order chi connectivity index (χ1) is 9.66. The minimum Gasteiger partial charge on any atom is -0.478 e. The van der Waals surface area contributed by atoms with Gasteiger partial charge in [-0.15, -0.1) is 0 Å². The van der Waals surface area contributed by atoms with Gasteiger partial charge in [-0.05, 0) is 30.0 Å². The number of carbonyl (C=O) groups is 2. The fraction of sp³-hybridized carbons (Fsp3) is 0.467. The van der Waals surface area contributed by atoms with Gasteiger partial charge in [-0.1, -0.05) is 12.1 Å². The number of hydrogen-bond donors (Lipinski definition) is 1. The number of rotatable bonds is 2. The number of aromatic carboxylic acids is 1. The molecule has 2 heterocycles. The van der Waals surface area contributed by atoms with Gasteiger partial charge in [-0.25, -0.2) is 4.79 Å². The van der Waals surface area contributed by atoms with Crippen molar-refractivity contribution >= 4 is 11.9 Å². The highest BCUT2D eigenvalue weighted by molar-refractivity contribution is 5.90. The number of ether oxygens (including phenoxy) is 1. The highest BCUT2D eigenvalue weighted by Crippen LogP contribution is 2.25. The maximum atomic E-state index is 12.4. The van der Waals surface area contributed by atoms with Crippen LogP contribution >= 0.6 is 0 Å². The normalized spacial score (nSPS) is 21.6. The van der Waals surface area contributed by atoms with E-state index in [0.29, 0.717) is 31.9 Å². The maximum absolute atomic E-state index is 12.4. The van der Waals surface area contributed by atoms with E-state index in [1.54, 1.807) is 17.0 Å². The van der Waals surface area contributed by atoms with Crippen LogP contribution in [0, 0.1) is 5.92 Å². The monoisotopic (exact) mass is 275 g/mol. The lowest BCUT2D eigenvalue weighted by Gasteiger charge is -2.31. The predicted octanol–water partition coefficient (Wildman–Crippen LogP) is 1.31. The van der Waals surface area contributed by atoms with Crippen LogP contribution in [-0.4, -0.2) is 41.6 Å².